The Balaban J connectivity index is 1.90. The van der Waals surface area contributed by atoms with Gasteiger partial charge in [-0.3, -0.25) is 4.98 Å². The third-order valence-corrected chi connectivity index (χ3v) is 5.92. The van der Waals surface area contributed by atoms with Gasteiger partial charge in [0.25, 0.3) is 10.2 Å². The number of hydrogen-bond donors (Lipinski definition) is 0. The van der Waals surface area contributed by atoms with E-state index < -0.39 is 16.3 Å². The minimum Gasteiger partial charge on any atom is -0.369 e. The Hall–Kier alpha value is -1.94. The lowest BCUT2D eigenvalue weighted by molar-refractivity contribution is -0.00626. The second kappa shape index (κ2) is 7.12. The van der Waals surface area contributed by atoms with Gasteiger partial charge in [-0.2, -0.15) is 17.0 Å². The highest BCUT2D eigenvalue weighted by molar-refractivity contribution is 7.86. The van der Waals surface area contributed by atoms with Gasteiger partial charge >= 0.3 is 0 Å². The fourth-order valence-corrected chi connectivity index (χ4v) is 3.81. The van der Waals surface area contributed by atoms with Crippen LogP contribution in [-0.4, -0.2) is 65.8 Å². The quantitative estimate of drug-likeness (QED) is 0.806. The van der Waals surface area contributed by atoms with E-state index in [0.29, 0.717) is 18.8 Å². The highest BCUT2D eigenvalue weighted by Gasteiger charge is 2.32. The van der Waals surface area contributed by atoms with Crippen LogP contribution in [0.1, 0.15) is 17.5 Å². The van der Waals surface area contributed by atoms with E-state index in [4.69, 9.17) is 4.74 Å². The lowest BCUT2D eigenvalue weighted by Crippen LogP contribution is -2.47. The molecular formula is C16H21N5O3S. The van der Waals surface area contributed by atoms with E-state index in [9.17, 15) is 8.42 Å². The molecule has 0 unspecified atom stereocenters. The molecule has 1 fully saturated rings. The average Bonchev–Trinajstić information content (AvgIpc) is 2.62. The molecule has 0 aliphatic carbocycles. The molecule has 2 aromatic heterocycles. The van der Waals surface area contributed by atoms with Crippen LogP contribution < -0.4 is 0 Å². The molecule has 0 saturated carbocycles. The SMILES string of the molecule is Cc1cc(-c2cncnc2)cc([C@@H]2CN(S(=O)(=O)N(C)C)CCO2)n1. The summed E-state index contributed by atoms with van der Waals surface area (Å²) in [4.78, 5) is 12.6. The maximum Gasteiger partial charge on any atom is 0.281 e. The van der Waals surface area contributed by atoms with Crippen LogP contribution in [0.25, 0.3) is 11.1 Å². The maximum absolute atomic E-state index is 12.4. The third kappa shape index (κ3) is 3.84. The zero-order valence-electron chi connectivity index (χ0n) is 14.5. The van der Waals surface area contributed by atoms with E-state index in [1.54, 1.807) is 12.4 Å². The Bertz CT molecular complexity index is 842. The molecule has 0 aromatic carbocycles. The Kier molecular flexibility index (Phi) is 5.09. The number of aryl methyl sites for hydroxylation is 1. The Morgan fingerprint density at radius 3 is 2.60 bits per heavy atom. The fourth-order valence-electron chi connectivity index (χ4n) is 2.72. The zero-order valence-corrected chi connectivity index (χ0v) is 15.3. The molecule has 3 heterocycles. The van der Waals surface area contributed by atoms with Crippen LogP contribution in [0.3, 0.4) is 0 Å². The number of pyridine rings is 1. The summed E-state index contributed by atoms with van der Waals surface area (Å²) in [5, 5.41) is 0. The number of aromatic nitrogens is 3. The third-order valence-electron chi connectivity index (χ3n) is 4.01. The summed E-state index contributed by atoms with van der Waals surface area (Å²) >= 11 is 0. The molecule has 1 saturated heterocycles. The molecule has 2 aromatic rings. The monoisotopic (exact) mass is 363 g/mol. The minimum absolute atomic E-state index is 0.238. The van der Waals surface area contributed by atoms with Gasteiger partial charge in [0.2, 0.25) is 0 Å². The molecule has 25 heavy (non-hydrogen) atoms. The summed E-state index contributed by atoms with van der Waals surface area (Å²) in [6.45, 7) is 2.80. The van der Waals surface area contributed by atoms with Gasteiger partial charge in [0.05, 0.1) is 12.3 Å². The molecular weight excluding hydrogens is 342 g/mol. The zero-order chi connectivity index (χ0) is 18.0. The van der Waals surface area contributed by atoms with Gasteiger partial charge in [-0.1, -0.05) is 0 Å². The molecule has 0 amide bonds. The summed E-state index contributed by atoms with van der Waals surface area (Å²) in [5.41, 5.74) is 3.34. The first-order valence-electron chi connectivity index (χ1n) is 7.91. The number of rotatable bonds is 4. The largest absolute Gasteiger partial charge is 0.369 e. The molecule has 9 heteroatoms. The van der Waals surface area contributed by atoms with Crippen molar-refractivity contribution in [2.45, 2.75) is 13.0 Å². The van der Waals surface area contributed by atoms with Gasteiger partial charge in [0, 0.05) is 50.8 Å². The summed E-state index contributed by atoms with van der Waals surface area (Å²) in [7, 11) is -0.422. The van der Waals surface area contributed by atoms with Crippen LogP contribution in [-0.2, 0) is 14.9 Å². The van der Waals surface area contributed by atoms with Crippen molar-refractivity contribution < 1.29 is 13.2 Å². The van der Waals surface area contributed by atoms with E-state index in [2.05, 4.69) is 15.0 Å². The summed E-state index contributed by atoms with van der Waals surface area (Å²) in [6.07, 6.45) is 4.53. The van der Waals surface area contributed by atoms with Gasteiger partial charge in [-0.25, -0.2) is 9.97 Å². The molecule has 0 bridgehead atoms. The van der Waals surface area contributed by atoms with Crippen molar-refractivity contribution in [1.29, 1.82) is 0 Å². The van der Waals surface area contributed by atoms with Gasteiger partial charge in [0.1, 0.15) is 12.4 Å². The second-order valence-electron chi connectivity index (χ2n) is 6.06. The minimum atomic E-state index is -3.47. The smallest absolute Gasteiger partial charge is 0.281 e. The van der Waals surface area contributed by atoms with Crippen LogP contribution in [0.15, 0.2) is 30.9 Å². The number of morpholine rings is 1. The van der Waals surface area contributed by atoms with Crippen molar-refractivity contribution in [3.8, 4) is 11.1 Å². The van der Waals surface area contributed by atoms with Crippen molar-refractivity contribution in [1.82, 2.24) is 23.6 Å². The van der Waals surface area contributed by atoms with Crippen LogP contribution in [0.2, 0.25) is 0 Å². The maximum atomic E-state index is 12.4. The van der Waals surface area contributed by atoms with Crippen LogP contribution in [0.4, 0.5) is 0 Å². The molecule has 0 radical (unpaired) electrons. The predicted molar refractivity (Wildman–Crippen MR) is 92.9 cm³/mol. The standard InChI is InChI=1S/C16H21N5O3S/c1-12-6-13(14-8-17-11-18-9-14)7-15(19-12)16-10-21(4-5-24-16)25(22,23)20(2)3/h6-9,11,16H,4-5,10H2,1-3H3/t16-/m0/s1. The van der Waals surface area contributed by atoms with Crippen molar-refractivity contribution in [2.75, 3.05) is 33.8 Å². The summed E-state index contributed by atoms with van der Waals surface area (Å²) < 4.78 is 33.2. The van der Waals surface area contributed by atoms with Gasteiger partial charge in [-0.05, 0) is 24.6 Å². The first kappa shape index (κ1) is 17.9. The second-order valence-corrected chi connectivity index (χ2v) is 8.20. The molecule has 8 nitrogen and oxygen atoms in total. The van der Waals surface area contributed by atoms with Crippen molar-refractivity contribution in [3.05, 3.63) is 42.2 Å². The highest BCUT2D eigenvalue weighted by atomic mass is 32.2. The topological polar surface area (TPSA) is 88.5 Å². The molecule has 1 aliphatic rings. The molecule has 134 valence electrons. The Labute approximate surface area is 147 Å². The van der Waals surface area contributed by atoms with E-state index in [1.807, 2.05) is 19.1 Å². The molecule has 0 N–H and O–H groups in total. The first-order valence-corrected chi connectivity index (χ1v) is 9.31. The van der Waals surface area contributed by atoms with Crippen LogP contribution >= 0.6 is 0 Å². The molecule has 1 aliphatic heterocycles. The highest BCUT2D eigenvalue weighted by Crippen LogP contribution is 2.27. The van der Waals surface area contributed by atoms with Crippen LogP contribution in [0, 0.1) is 6.92 Å². The predicted octanol–water partition coefficient (Wildman–Crippen LogP) is 1.03. The van der Waals surface area contributed by atoms with E-state index in [1.165, 1.54) is 29.0 Å². The lowest BCUT2D eigenvalue weighted by Gasteiger charge is -2.33. The average molecular weight is 363 g/mol. The van der Waals surface area contributed by atoms with E-state index >= 15 is 0 Å². The number of ether oxygens (including phenoxy) is 1. The van der Waals surface area contributed by atoms with E-state index in [-0.39, 0.29) is 6.54 Å². The Morgan fingerprint density at radius 1 is 1.20 bits per heavy atom. The number of nitrogens with zero attached hydrogens (tertiary/aromatic N) is 5. The summed E-state index contributed by atoms with van der Waals surface area (Å²) in [6, 6.07) is 3.85. The van der Waals surface area contributed by atoms with E-state index in [0.717, 1.165) is 16.8 Å². The number of hydrogen-bond acceptors (Lipinski definition) is 6. The first-order chi connectivity index (χ1) is 11.9. The lowest BCUT2D eigenvalue weighted by atomic mass is 10.1. The molecule has 1 atom stereocenters. The van der Waals surface area contributed by atoms with Gasteiger partial charge in [-0.15, -0.1) is 0 Å². The fraction of sp³-hybridized carbons (Fsp3) is 0.438. The van der Waals surface area contributed by atoms with Crippen molar-refractivity contribution in [2.24, 2.45) is 0 Å². The molecule has 0 spiro atoms. The van der Waals surface area contributed by atoms with Crippen molar-refractivity contribution >= 4 is 10.2 Å². The van der Waals surface area contributed by atoms with Crippen LogP contribution in [0.5, 0.6) is 0 Å². The Morgan fingerprint density at radius 2 is 1.92 bits per heavy atom. The van der Waals surface area contributed by atoms with Gasteiger partial charge < -0.3 is 4.74 Å². The van der Waals surface area contributed by atoms with Gasteiger partial charge in [0.15, 0.2) is 0 Å². The summed E-state index contributed by atoms with van der Waals surface area (Å²) in [5.74, 6) is 0. The van der Waals surface area contributed by atoms with Crippen molar-refractivity contribution in [3.63, 3.8) is 0 Å². The molecule has 3 rings (SSSR count). The normalized spacial score (nSPS) is 19.3.